The summed E-state index contributed by atoms with van der Waals surface area (Å²) >= 11 is 0. The quantitative estimate of drug-likeness (QED) is 0.699. The molecule has 4 heterocycles. The predicted octanol–water partition coefficient (Wildman–Crippen LogP) is 2.38. The van der Waals surface area contributed by atoms with Gasteiger partial charge in [0.1, 0.15) is 5.69 Å². The average molecular weight is 383 g/mol. The second-order valence-electron chi connectivity index (χ2n) is 7.37. The van der Waals surface area contributed by atoms with Crippen molar-refractivity contribution in [2.75, 3.05) is 25.5 Å². The van der Waals surface area contributed by atoms with Gasteiger partial charge in [0.2, 0.25) is 5.95 Å². The van der Waals surface area contributed by atoms with Gasteiger partial charge in [0.25, 0.3) is 0 Å². The Hall–Kier alpha value is -2.81. The van der Waals surface area contributed by atoms with Crippen LogP contribution in [-0.2, 0) is 0 Å². The minimum atomic E-state index is -0.493. The highest BCUT2D eigenvalue weighted by atomic mass is 19.1. The van der Waals surface area contributed by atoms with E-state index in [0.29, 0.717) is 28.8 Å². The molecule has 3 aromatic rings. The molecule has 5 rings (SSSR count). The van der Waals surface area contributed by atoms with Gasteiger partial charge in [-0.25, -0.2) is 23.9 Å². The molecule has 0 aromatic carbocycles. The third-order valence-electron chi connectivity index (χ3n) is 5.30. The van der Waals surface area contributed by atoms with E-state index in [1.807, 2.05) is 0 Å². The summed E-state index contributed by atoms with van der Waals surface area (Å²) in [5, 5.41) is 11.0. The van der Waals surface area contributed by atoms with Gasteiger partial charge in [-0.3, -0.25) is 0 Å². The summed E-state index contributed by atoms with van der Waals surface area (Å²) in [7, 11) is 1.63. The first-order chi connectivity index (χ1) is 13.7. The SMILES string of the molecule is COc1cn2ncc(-c3nc(NC4CCCNC4)ncc3F)c2nc1C1CC1. The van der Waals surface area contributed by atoms with Crippen LogP contribution in [0.25, 0.3) is 16.9 Å². The predicted molar refractivity (Wildman–Crippen MR) is 102 cm³/mol. The molecule has 0 radical (unpaired) electrons. The molecule has 0 amide bonds. The van der Waals surface area contributed by atoms with Gasteiger partial charge in [-0.15, -0.1) is 0 Å². The summed E-state index contributed by atoms with van der Waals surface area (Å²) in [6.07, 6.45) is 8.90. The molecule has 8 nitrogen and oxygen atoms in total. The van der Waals surface area contributed by atoms with Gasteiger partial charge >= 0.3 is 0 Å². The maximum Gasteiger partial charge on any atom is 0.223 e. The van der Waals surface area contributed by atoms with Crippen LogP contribution in [0.3, 0.4) is 0 Å². The van der Waals surface area contributed by atoms with E-state index in [-0.39, 0.29) is 11.7 Å². The standard InChI is InChI=1S/C19H22FN7O/c1-28-15-10-27-18(25-16(15)11-4-5-11)13(8-23-27)17-14(20)9-22-19(26-17)24-12-3-2-6-21-7-12/h8-12,21H,2-7H2,1H3,(H,22,24,26). The monoisotopic (exact) mass is 383 g/mol. The third-order valence-corrected chi connectivity index (χ3v) is 5.30. The van der Waals surface area contributed by atoms with Gasteiger partial charge < -0.3 is 15.4 Å². The first-order valence-electron chi connectivity index (χ1n) is 9.65. The van der Waals surface area contributed by atoms with E-state index in [2.05, 4.69) is 25.7 Å². The summed E-state index contributed by atoms with van der Waals surface area (Å²) in [6.45, 7) is 1.87. The number of ether oxygens (including phenoxy) is 1. The molecule has 1 saturated heterocycles. The molecule has 28 heavy (non-hydrogen) atoms. The molecule has 1 unspecified atom stereocenters. The number of piperidine rings is 1. The molecule has 1 atom stereocenters. The Balaban J connectivity index is 1.53. The van der Waals surface area contributed by atoms with Crippen molar-refractivity contribution in [3.63, 3.8) is 0 Å². The minimum absolute atomic E-state index is 0.204. The Bertz CT molecular complexity index is 1010. The Morgan fingerprint density at radius 1 is 1.25 bits per heavy atom. The molecule has 2 N–H and O–H groups in total. The zero-order valence-corrected chi connectivity index (χ0v) is 15.7. The number of methoxy groups -OCH3 is 1. The van der Waals surface area contributed by atoms with Crippen molar-refractivity contribution >= 4 is 11.6 Å². The fourth-order valence-corrected chi connectivity index (χ4v) is 3.66. The van der Waals surface area contributed by atoms with Gasteiger partial charge in [-0.1, -0.05) is 0 Å². The number of halogens is 1. The molecule has 1 aliphatic carbocycles. The minimum Gasteiger partial charge on any atom is -0.493 e. The Morgan fingerprint density at radius 3 is 2.89 bits per heavy atom. The number of nitrogens with zero attached hydrogens (tertiary/aromatic N) is 5. The highest BCUT2D eigenvalue weighted by Crippen LogP contribution is 2.43. The van der Waals surface area contributed by atoms with Crippen LogP contribution < -0.4 is 15.4 Å². The second-order valence-corrected chi connectivity index (χ2v) is 7.37. The van der Waals surface area contributed by atoms with Crippen LogP contribution in [0.1, 0.15) is 37.3 Å². The molecule has 9 heteroatoms. The number of hydrogen-bond donors (Lipinski definition) is 2. The van der Waals surface area contributed by atoms with E-state index in [4.69, 9.17) is 9.72 Å². The lowest BCUT2D eigenvalue weighted by molar-refractivity contribution is 0.403. The number of hydrogen-bond acceptors (Lipinski definition) is 7. The van der Waals surface area contributed by atoms with Crippen LogP contribution in [-0.4, -0.2) is 50.8 Å². The van der Waals surface area contributed by atoms with E-state index in [1.54, 1.807) is 24.0 Å². The second kappa shape index (κ2) is 6.97. The van der Waals surface area contributed by atoms with E-state index >= 15 is 0 Å². The molecule has 0 bridgehead atoms. The number of rotatable bonds is 5. The molecule has 3 aromatic heterocycles. The maximum atomic E-state index is 14.6. The molecule has 0 spiro atoms. The molecular formula is C19H22FN7O. The summed E-state index contributed by atoms with van der Waals surface area (Å²) in [6, 6.07) is 0.236. The van der Waals surface area contributed by atoms with Gasteiger partial charge in [-0.2, -0.15) is 5.10 Å². The van der Waals surface area contributed by atoms with E-state index in [9.17, 15) is 4.39 Å². The van der Waals surface area contributed by atoms with E-state index in [1.165, 1.54) is 6.20 Å². The normalized spacial score (nSPS) is 19.7. The molecule has 1 aliphatic heterocycles. The van der Waals surface area contributed by atoms with Crippen molar-refractivity contribution in [2.24, 2.45) is 0 Å². The summed E-state index contributed by atoms with van der Waals surface area (Å²) in [4.78, 5) is 13.3. The van der Waals surface area contributed by atoms with Crippen LogP contribution in [0.5, 0.6) is 5.75 Å². The topological polar surface area (TPSA) is 89.3 Å². The molecule has 2 fully saturated rings. The zero-order valence-electron chi connectivity index (χ0n) is 15.7. The van der Waals surface area contributed by atoms with Crippen molar-refractivity contribution in [2.45, 2.75) is 37.6 Å². The highest BCUT2D eigenvalue weighted by Gasteiger charge is 2.30. The lowest BCUT2D eigenvalue weighted by Gasteiger charge is -2.23. The lowest BCUT2D eigenvalue weighted by atomic mass is 10.1. The van der Waals surface area contributed by atoms with Crippen LogP contribution >= 0.6 is 0 Å². The molecule has 1 saturated carbocycles. The average Bonchev–Trinajstić information content (AvgIpc) is 3.49. The largest absolute Gasteiger partial charge is 0.493 e. The van der Waals surface area contributed by atoms with Gasteiger partial charge in [0, 0.05) is 18.5 Å². The summed E-state index contributed by atoms with van der Waals surface area (Å²) in [5.41, 5.74) is 2.23. The Labute approximate surface area is 161 Å². The first kappa shape index (κ1) is 17.3. The van der Waals surface area contributed by atoms with Gasteiger partial charge in [0.15, 0.2) is 17.2 Å². The van der Waals surface area contributed by atoms with Gasteiger partial charge in [-0.05, 0) is 32.2 Å². The zero-order chi connectivity index (χ0) is 19.1. The smallest absolute Gasteiger partial charge is 0.223 e. The van der Waals surface area contributed by atoms with E-state index in [0.717, 1.165) is 44.5 Å². The number of fused-ring (bicyclic) bond motifs is 1. The van der Waals surface area contributed by atoms with E-state index < -0.39 is 5.82 Å². The Kier molecular flexibility index (Phi) is 4.31. The number of anilines is 1. The number of nitrogens with one attached hydrogen (secondary N) is 2. The summed E-state index contributed by atoms with van der Waals surface area (Å²) < 4.78 is 21.7. The third kappa shape index (κ3) is 3.15. The fourth-order valence-electron chi connectivity index (χ4n) is 3.66. The van der Waals surface area contributed by atoms with Crippen molar-refractivity contribution in [1.82, 2.24) is 29.9 Å². The van der Waals surface area contributed by atoms with Crippen molar-refractivity contribution in [3.05, 3.63) is 30.1 Å². The highest BCUT2D eigenvalue weighted by molar-refractivity contribution is 5.75. The van der Waals surface area contributed by atoms with Crippen molar-refractivity contribution in [1.29, 1.82) is 0 Å². The molecule has 2 aliphatic rings. The van der Waals surface area contributed by atoms with Crippen LogP contribution in [0.2, 0.25) is 0 Å². The fraction of sp³-hybridized carbons (Fsp3) is 0.474. The number of aromatic nitrogens is 5. The summed E-state index contributed by atoms with van der Waals surface area (Å²) in [5.74, 6) is 1.03. The maximum absolute atomic E-state index is 14.6. The molecule has 146 valence electrons. The lowest BCUT2D eigenvalue weighted by Crippen LogP contribution is -2.38. The molecular weight excluding hydrogens is 361 g/mol. The van der Waals surface area contributed by atoms with Crippen LogP contribution in [0.15, 0.2) is 18.6 Å². The Morgan fingerprint density at radius 2 is 2.14 bits per heavy atom. The van der Waals surface area contributed by atoms with Crippen molar-refractivity contribution in [3.8, 4) is 17.0 Å². The van der Waals surface area contributed by atoms with Crippen molar-refractivity contribution < 1.29 is 9.13 Å². The van der Waals surface area contributed by atoms with Crippen LogP contribution in [0.4, 0.5) is 10.3 Å². The van der Waals surface area contributed by atoms with Gasteiger partial charge in [0.05, 0.1) is 37.0 Å². The van der Waals surface area contributed by atoms with Crippen LogP contribution in [0, 0.1) is 5.82 Å². The first-order valence-corrected chi connectivity index (χ1v) is 9.65.